The van der Waals surface area contributed by atoms with E-state index in [1.54, 1.807) is 12.3 Å². The zero-order valence-electron chi connectivity index (χ0n) is 10.7. The molecule has 4 nitrogen and oxygen atoms in total. The summed E-state index contributed by atoms with van der Waals surface area (Å²) in [6.07, 6.45) is -1.81. The van der Waals surface area contributed by atoms with Crippen LogP contribution in [-0.4, -0.2) is 11.3 Å². The molecule has 1 aromatic carbocycles. The number of rotatable bonds is 3. The van der Waals surface area contributed by atoms with Gasteiger partial charge in [-0.15, -0.1) is 8.78 Å². The predicted molar refractivity (Wildman–Crippen MR) is 68.9 cm³/mol. The fourth-order valence-corrected chi connectivity index (χ4v) is 1.87. The van der Waals surface area contributed by atoms with Crippen LogP contribution in [0.2, 0.25) is 0 Å². The van der Waals surface area contributed by atoms with Crippen molar-refractivity contribution >= 4 is 5.69 Å². The normalized spacial score (nSPS) is 15.2. The number of hydrogen-bond donors (Lipinski definition) is 1. The minimum atomic E-state index is -3.58. The zero-order valence-corrected chi connectivity index (χ0v) is 10.7. The third kappa shape index (κ3) is 2.64. The zero-order chi connectivity index (χ0) is 14.2. The summed E-state index contributed by atoms with van der Waals surface area (Å²) >= 11 is 0. The van der Waals surface area contributed by atoms with Gasteiger partial charge in [-0.05, 0) is 30.7 Å². The largest absolute Gasteiger partial charge is 0.586 e. The van der Waals surface area contributed by atoms with Crippen molar-refractivity contribution in [2.24, 2.45) is 0 Å². The van der Waals surface area contributed by atoms with E-state index in [0.29, 0.717) is 12.2 Å². The number of anilines is 1. The number of ether oxygens (including phenoxy) is 2. The molecule has 2 aromatic rings. The molecule has 0 radical (unpaired) electrons. The van der Waals surface area contributed by atoms with Crippen molar-refractivity contribution < 1.29 is 18.3 Å². The highest BCUT2D eigenvalue weighted by Gasteiger charge is 2.43. The lowest BCUT2D eigenvalue weighted by atomic mass is 10.2. The number of nitrogens with one attached hydrogen (secondary N) is 1. The molecule has 0 unspecified atom stereocenters. The smallest absolute Gasteiger partial charge is 0.395 e. The molecule has 0 aliphatic carbocycles. The summed E-state index contributed by atoms with van der Waals surface area (Å²) in [5, 5.41) is 3.12. The van der Waals surface area contributed by atoms with Crippen molar-refractivity contribution in [3.8, 4) is 11.5 Å². The molecule has 104 valence electrons. The third-order valence-corrected chi connectivity index (χ3v) is 2.87. The molecule has 3 rings (SSSR count). The molecule has 0 amide bonds. The molecule has 1 N–H and O–H groups in total. The van der Waals surface area contributed by atoms with Gasteiger partial charge in [-0.1, -0.05) is 6.07 Å². The number of nitrogens with zero attached hydrogens (tertiary/aromatic N) is 1. The summed E-state index contributed by atoms with van der Waals surface area (Å²) in [4.78, 5) is 4.18. The van der Waals surface area contributed by atoms with Gasteiger partial charge >= 0.3 is 6.29 Å². The van der Waals surface area contributed by atoms with E-state index in [9.17, 15) is 8.78 Å². The summed E-state index contributed by atoms with van der Waals surface area (Å²) in [7, 11) is 0. The highest BCUT2D eigenvalue weighted by Crippen LogP contribution is 2.42. The fourth-order valence-electron chi connectivity index (χ4n) is 1.87. The number of hydrogen-bond acceptors (Lipinski definition) is 4. The van der Waals surface area contributed by atoms with Crippen LogP contribution in [0.5, 0.6) is 11.5 Å². The van der Waals surface area contributed by atoms with Gasteiger partial charge in [0.15, 0.2) is 11.5 Å². The van der Waals surface area contributed by atoms with Crippen molar-refractivity contribution in [1.29, 1.82) is 0 Å². The molecule has 2 heterocycles. The number of aromatic nitrogens is 1. The van der Waals surface area contributed by atoms with Crippen LogP contribution < -0.4 is 14.8 Å². The molecule has 1 aliphatic heterocycles. The Kier molecular flexibility index (Phi) is 2.93. The van der Waals surface area contributed by atoms with E-state index < -0.39 is 6.29 Å². The van der Waals surface area contributed by atoms with E-state index >= 15 is 0 Å². The molecule has 0 bridgehead atoms. The maximum atomic E-state index is 12.9. The summed E-state index contributed by atoms with van der Waals surface area (Å²) < 4.78 is 34.5. The van der Waals surface area contributed by atoms with Crippen LogP contribution in [0.25, 0.3) is 0 Å². The molecule has 0 saturated heterocycles. The molecular formula is C14H12F2N2O2. The lowest BCUT2D eigenvalue weighted by molar-refractivity contribution is -0.286. The molecule has 6 heteroatoms. The second-order valence-corrected chi connectivity index (χ2v) is 4.49. The monoisotopic (exact) mass is 278 g/mol. The van der Waals surface area contributed by atoms with Crippen LogP contribution in [0.3, 0.4) is 0 Å². The van der Waals surface area contributed by atoms with Crippen LogP contribution in [0.4, 0.5) is 14.5 Å². The Morgan fingerprint density at radius 1 is 1.15 bits per heavy atom. The van der Waals surface area contributed by atoms with Gasteiger partial charge in [0.25, 0.3) is 0 Å². The molecule has 20 heavy (non-hydrogen) atoms. The van der Waals surface area contributed by atoms with Crippen molar-refractivity contribution in [1.82, 2.24) is 4.98 Å². The molecule has 1 aliphatic rings. The summed E-state index contributed by atoms with van der Waals surface area (Å²) in [6.45, 7) is 2.46. The van der Waals surface area contributed by atoms with Crippen molar-refractivity contribution in [2.75, 3.05) is 5.32 Å². The topological polar surface area (TPSA) is 43.4 Å². The highest BCUT2D eigenvalue weighted by atomic mass is 19.3. The van der Waals surface area contributed by atoms with Gasteiger partial charge < -0.3 is 14.8 Å². The van der Waals surface area contributed by atoms with Gasteiger partial charge in [-0.25, -0.2) is 0 Å². The van der Waals surface area contributed by atoms with Gasteiger partial charge in [0.2, 0.25) is 0 Å². The highest BCUT2D eigenvalue weighted by molar-refractivity contribution is 5.56. The Hall–Kier alpha value is -2.37. The van der Waals surface area contributed by atoms with Gasteiger partial charge in [-0.2, -0.15) is 0 Å². The lowest BCUT2D eigenvalue weighted by Gasteiger charge is -2.07. The maximum Gasteiger partial charge on any atom is 0.586 e. The lowest BCUT2D eigenvalue weighted by Crippen LogP contribution is -2.25. The molecule has 0 saturated carbocycles. The van der Waals surface area contributed by atoms with Gasteiger partial charge in [0.05, 0.1) is 0 Å². The number of benzene rings is 1. The van der Waals surface area contributed by atoms with Gasteiger partial charge in [0, 0.05) is 30.2 Å². The van der Waals surface area contributed by atoms with Gasteiger partial charge in [-0.3, -0.25) is 4.98 Å². The average molecular weight is 278 g/mol. The fraction of sp³-hybridized carbons (Fsp3) is 0.214. The standard InChI is InChI=1S/C14H12F2N2O2/c1-9-2-3-10(7-17-9)8-18-11-4-5-12-13(6-11)20-14(15,16)19-12/h2-7,18H,8H2,1H3. The Morgan fingerprint density at radius 3 is 2.70 bits per heavy atom. The number of pyridine rings is 1. The first kappa shape index (κ1) is 12.7. The number of fused-ring (bicyclic) bond motifs is 1. The first-order chi connectivity index (χ1) is 9.52. The SMILES string of the molecule is Cc1ccc(CNc2ccc3c(c2)OC(F)(F)O3)cn1. The first-order valence-electron chi connectivity index (χ1n) is 6.07. The van der Waals surface area contributed by atoms with Crippen LogP contribution in [0.1, 0.15) is 11.3 Å². The predicted octanol–water partition coefficient (Wildman–Crippen LogP) is 3.32. The van der Waals surface area contributed by atoms with E-state index in [2.05, 4.69) is 19.8 Å². The summed E-state index contributed by atoms with van der Waals surface area (Å²) in [6, 6.07) is 8.46. The van der Waals surface area contributed by atoms with Crippen molar-refractivity contribution in [3.05, 3.63) is 47.8 Å². The van der Waals surface area contributed by atoms with E-state index in [-0.39, 0.29) is 11.5 Å². The number of aryl methyl sites for hydroxylation is 1. The third-order valence-electron chi connectivity index (χ3n) is 2.87. The Balaban J connectivity index is 1.69. The van der Waals surface area contributed by atoms with Crippen LogP contribution >= 0.6 is 0 Å². The summed E-state index contributed by atoms with van der Waals surface area (Å²) in [5.41, 5.74) is 2.61. The first-order valence-corrected chi connectivity index (χ1v) is 6.07. The van der Waals surface area contributed by atoms with Crippen LogP contribution in [0.15, 0.2) is 36.5 Å². The molecule has 0 fully saturated rings. The minimum Gasteiger partial charge on any atom is -0.395 e. The minimum absolute atomic E-state index is 0.0297. The second kappa shape index (κ2) is 4.63. The second-order valence-electron chi connectivity index (χ2n) is 4.49. The molecule has 0 spiro atoms. The quantitative estimate of drug-likeness (QED) is 0.935. The maximum absolute atomic E-state index is 12.9. The Morgan fingerprint density at radius 2 is 1.95 bits per heavy atom. The summed E-state index contributed by atoms with van der Waals surface area (Å²) in [5.74, 6) is 0.0691. The molecule has 1 aromatic heterocycles. The van der Waals surface area contributed by atoms with Crippen molar-refractivity contribution in [3.63, 3.8) is 0 Å². The molecular weight excluding hydrogens is 266 g/mol. The van der Waals surface area contributed by atoms with Crippen molar-refractivity contribution in [2.45, 2.75) is 19.8 Å². The Labute approximate surface area is 114 Å². The number of alkyl halides is 2. The van der Waals surface area contributed by atoms with Crippen LogP contribution in [-0.2, 0) is 6.54 Å². The van der Waals surface area contributed by atoms with E-state index in [1.165, 1.54) is 12.1 Å². The van der Waals surface area contributed by atoms with Crippen LogP contribution in [0, 0.1) is 6.92 Å². The average Bonchev–Trinajstić information content (AvgIpc) is 2.71. The van der Waals surface area contributed by atoms with Gasteiger partial charge in [0.1, 0.15) is 0 Å². The Bertz CT molecular complexity index is 630. The van der Waals surface area contributed by atoms with E-state index in [0.717, 1.165) is 11.3 Å². The van der Waals surface area contributed by atoms with E-state index in [1.807, 2.05) is 19.1 Å². The number of halogens is 2. The molecule has 0 atom stereocenters. The van der Waals surface area contributed by atoms with E-state index in [4.69, 9.17) is 0 Å².